The molecule has 0 saturated heterocycles. The molecular weight excluding hydrogens is 372 g/mol. The maximum atomic E-state index is 13.6. The van der Waals surface area contributed by atoms with E-state index in [9.17, 15) is 13.6 Å². The van der Waals surface area contributed by atoms with Crippen molar-refractivity contribution < 1.29 is 23.0 Å². The number of anilines is 1. The van der Waals surface area contributed by atoms with E-state index in [2.05, 4.69) is 21.2 Å². The highest BCUT2D eigenvalue weighted by atomic mass is 79.9. The summed E-state index contributed by atoms with van der Waals surface area (Å²) in [6.07, 6.45) is 0. The average Bonchev–Trinajstić information content (AvgIpc) is 2.51. The average molecular weight is 386 g/mol. The molecule has 0 aliphatic rings. The Morgan fingerprint density at radius 3 is 2.61 bits per heavy atom. The fourth-order valence-corrected chi connectivity index (χ4v) is 2.48. The van der Waals surface area contributed by atoms with Crippen LogP contribution in [0.15, 0.2) is 34.8 Å². The van der Waals surface area contributed by atoms with Crippen LogP contribution >= 0.6 is 15.9 Å². The largest absolute Gasteiger partial charge is 0.493 e. The third-order valence-corrected chi connectivity index (χ3v) is 3.55. The van der Waals surface area contributed by atoms with E-state index in [1.165, 1.54) is 19.2 Å². The molecule has 122 valence electrons. The van der Waals surface area contributed by atoms with E-state index in [1.807, 2.05) is 6.92 Å². The summed E-state index contributed by atoms with van der Waals surface area (Å²) >= 11 is 3.31. The minimum absolute atomic E-state index is 0.111. The van der Waals surface area contributed by atoms with Crippen LogP contribution in [0.25, 0.3) is 0 Å². The standard InChI is InChI=1S/C16H14BrF2NO3/c1-3-23-15-11(17)6-9(7-14(15)22-2)16(21)20-13-5-4-10(18)8-12(13)19/h4-8H,3H2,1-2H3,(H,20,21). The van der Waals surface area contributed by atoms with E-state index in [0.29, 0.717) is 28.6 Å². The first-order valence-corrected chi connectivity index (χ1v) is 7.52. The third kappa shape index (κ3) is 3.98. The van der Waals surface area contributed by atoms with Gasteiger partial charge >= 0.3 is 0 Å². The van der Waals surface area contributed by atoms with Crippen molar-refractivity contribution in [3.63, 3.8) is 0 Å². The van der Waals surface area contributed by atoms with Gasteiger partial charge in [0.15, 0.2) is 11.5 Å². The van der Waals surface area contributed by atoms with Crippen molar-refractivity contribution in [2.45, 2.75) is 6.92 Å². The van der Waals surface area contributed by atoms with Crippen LogP contribution in [-0.4, -0.2) is 19.6 Å². The summed E-state index contributed by atoms with van der Waals surface area (Å²) in [6, 6.07) is 5.93. The number of amides is 1. The second kappa shape index (κ2) is 7.41. The van der Waals surface area contributed by atoms with Crippen LogP contribution in [0.2, 0.25) is 0 Å². The lowest BCUT2D eigenvalue weighted by atomic mass is 10.1. The minimum atomic E-state index is -0.852. The number of halogens is 3. The Morgan fingerprint density at radius 2 is 2.00 bits per heavy atom. The van der Waals surface area contributed by atoms with Gasteiger partial charge in [0.05, 0.1) is 23.9 Å². The monoisotopic (exact) mass is 385 g/mol. The van der Waals surface area contributed by atoms with Gasteiger partial charge in [0.1, 0.15) is 11.6 Å². The molecule has 2 aromatic rings. The molecule has 0 bridgehead atoms. The topological polar surface area (TPSA) is 47.6 Å². The second-order valence-electron chi connectivity index (χ2n) is 4.50. The highest BCUT2D eigenvalue weighted by Crippen LogP contribution is 2.36. The predicted molar refractivity (Wildman–Crippen MR) is 86.2 cm³/mol. The Labute approximate surface area is 140 Å². The molecule has 0 heterocycles. The zero-order valence-electron chi connectivity index (χ0n) is 12.5. The molecule has 0 fully saturated rings. The van der Waals surface area contributed by atoms with Crippen molar-refractivity contribution in [2.24, 2.45) is 0 Å². The molecule has 0 spiro atoms. The van der Waals surface area contributed by atoms with Crippen molar-refractivity contribution in [2.75, 3.05) is 19.0 Å². The Balaban J connectivity index is 2.30. The number of hydrogen-bond donors (Lipinski definition) is 1. The van der Waals surface area contributed by atoms with E-state index in [0.717, 1.165) is 12.1 Å². The molecule has 0 aliphatic carbocycles. The van der Waals surface area contributed by atoms with Crippen molar-refractivity contribution in [3.8, 4) is 11.5 Å². The lowest BCUT2D eigenvalue weighted by Gasteiger charge is -2.13. The van der Waals surface area contributed by atoms with E-state index in [1.54, 1.807) is 0 Å². The Bertz CT molecular complexity index is 738. The van der Waals surface area contributed by atoms with Gasteiger partial charge in [-0.2, -0.15) is 0 Å². The van der Waals surface area contributed by atoms with Gasteiger partial charge in [-0.1, -0.05) is 0 Å². The molecule has 1 N–H and O–H groups in total. The number of ether oxygens (including phenoxy) is 2. The lowest BCUT2D eigenvalue weighted by Crippen LogP contribution is -2.13. The van der Waals surface area contributed by atoms with Crippen LogP contribution in [0, 0.1) is 11.6 Å². The molecule has 0 saturated carbocycles. The van der Waals surface area contributed by atoms with Crippen LogP contribution in [0.5, 0.6) is 11.5 Å². The third-order valence-electron chi connectivity index (χ3n) is 2.96. The number of rotatable bonds is 5. The summed E-state index contributed by atoms with van der Waals surface area (Å²) in [7, 11) is 1.45. The molecule has 2 rings (SSSR count). The van der Waals surface area contributed by atoms with Crippen LogP contribution in [-0.2, 0) is 0 Å². The molecule has 2 aromatic carbocycles. The summed E-state index contributed by atoms with van der Waals surface area (Å²) in [4.78, 5) is 12.3. The van der Waals surface area contributed by atoms with Gasteiger partial charge in [-0.15, -0.1) is 0 Å². The Hall–Kier alpha value is -2.15. The zero-order chi connectivity index (χ0) is 17.0. The molecule has 0 atom stereocenters. The minimum Gasteiger partial charge on any atom is -0.493 e. The van der Waals surface area contributed by atoms with Crippen molar-refractivity contribution in [1.82, 2.24) is 0 Å². The number of methoxy groups -OCH3 is 1. The van der Waals surface area contributed by atoms with Crippen LogP contribution in [0.1, 0.15) is 17.3 Å². The first-order chi connectivity index (χ1) is 11.0. The van der Waals surface area contributed by atoms with Crippen molar-refractivity contribution in [1.29, 1.82) is 0 Å². The summed E-state index contributed by atoms with van der Waals surface area (Å²) in [5, 5.41) is 2.39. The molecule has 0 aliphatic heterocycles. The maximum Gasteiger partial charge on any atom is 0.255 e. The zero-order valence-corrected chi connectivity index (χ0v) is 14.0. The van der Waals surface area contributed by atoms with E-state index >= 15 is 0 Å². The highest BCUT2D eigenvalue weighted by Gasteiger charge is 2.16. The predicted octanol–water partition coefficient (Wildman–Crippen LogP) is 4.39. The number of nitrogens with one attached hydrogen (secondary N) is 1. The summed E-state index contributed by atoms with van der Waals surface area (Å²) in [6.45, 7) is 2.26. The van der Waals surface area contributed by atoms with Crippen LogP contribution in [0.4, 0.5) is 14.5 Å². The van der Waals surface area contributed by atoms with Gasteiger partial charge in [0.25, 0.3) is 5.91 Å². The number of benzene rings is 2. The molecule has 1 amide bonds. The maximum absolute atomic E-state index is 13.6. The molecule has 0 aromatic heterocycles. The second-order valence-corrected chi connectivity index (χ2v) is 5.36. The molecular formula is C16H14BrF2NO3. The van der Waals surface area contributed by atoms with Gasteiger partial charge < -0.3 is 14.8 Å². The first kappa shape index (κ1) is 17.2. The van der Waals surface area contributed by atoms with Gasteiger partial charge in [0, 0.05) is 11.6 Å². The van der Waals surface area contributed by atoms with Crippen LogP contribution < -0.4 is 14.8 Å². The fourth-order valence-electron chi connectivity index (χ4n) is 1.92. The van der Waals surface area contributed by atoms with Crippen molar-refractivity contribution >= 4 is 27.5 Å². The van der Waals surface area contributed by atoms with E-state index in [4.69, 9.17) is 9.47 Å². The lowest BCUT2D eigenvalue weighted by molar-refractivity contribution is 0.102. The number of hydrogen-bond acceptors (Lipinski definition) is 3. The van der Waals surface area contributed by atoms with E-state index < -0.39 is 17.5 Å². The molecule has 23 heavy (non-hydrogen) atoms. The Kier molecular flexibility index (Phi) is 5.54. The summed E-state index contributed by atoms with van der Waals surface area (Å²) < 4.78 is 37.7. The molecule has 4 nitrogen and oxygen atoms in total. The number of carbonyl (C=O) groups excluding carboxylic acids is 1. The Morgan fingerprint density at radius 1 is 1.26 bits per heavy atom. The molecule has 0 radical (unpaired) electrons. The summed E-state index contributed by atoms with van der Waals surface area (Å²) in [5.41, 5.74) is 0.126. The normalized spacial score (nSPS) is 10.3. The fraction of sp³-hybridized carbons (Fsp3) is 0.188. The van der Waals surface area contributed by atoms with Crippen molar-refractivity contribution in [3.05, 3.63) is 52.0 Å². The highest BCUT2D eigenvalue weighted by molar-refractivity contribution is 9.10. The van der Waals surface area contributed by atoms with Gasteiger partial charge in [-0.3, -0.25) is 4.79 Å². The summed E-state index contributed by atoms with van der Waals surface area (Å²) in [5.74, 6) is -1.29. The van der Waals surface area contributed by atoms with Gasteiger partial charge in [0.2, 0.25) is 0 Å². The van der Waals surface area contributed by atoms with E-state index in [-0.39, 0.29) is 11.3 Å². The van der Waals surface area contributed by atoms with Gasteiger partial charge in [-0.25, -0.2) is 8.78 Å². The van der Waals surface area contributed by atoms with Gasteiger partial charge in [-0.05, 0) is 47.1 Å². The molecule has 7 heteroatoms. The quantitative estimate of drug-likeness (QED) is 0.830. The molecule has 0 unspecified atom stereocenters. The smallest absolute Gasteiger partial charge is 0.255 e. The SMILES string of the molecule is CCOc1c(Br)cc(C(=O)Nc2ccc(F)cc2F)cc1OC. The number of carbonyl (C=O) groups is 1. The first-order valence-electron chi connectivity index (χ1n) is 6.73. The van der Waals surface area contributed by atoms with Crippen LogP contribution in [0.3, 0.4) is 0 Å².